The van der Waals surface area contributed by atoms with Crippen molar-refractivity contribution in [2.45, 2.75) is 13.8 Å². The summed E-state index contributed by atoms with van der Waals surface area (Å²) < 4.78 is 10.4. The van der Waals surface area contributed by atoms with Crippen LogP contribution in [0.3, 0.4) is 0 Å². The van der Waals surface area contributed by atoms with Gasteiger partial charge in [-0.25, -0.2) is 4.79 Å². The molecule has 5 nitrogen and oxygen atoms in total. The second-order valence-corrected chi connectivity index (χ2v) is 5.68. The first-order chi connectivity index (χ1) is 11.5. The zero-order valence-corrected chi connectivity index (χ0v) is 13.7. The van der Waals surface area contributed by atoms with Gasteiger partial charge >= 0.3 is 5.63 Å². The molecule has 0 aliphatic carbocycles. The summed E-state index contributed by atoms with van der Waals surface area (Å²) in [6.45, 7) is 3.89. The Morgan fingerprint density at radius 3 is 2.42 bits per heavy atom. The van der Waals surface area contributed by atoms with Crippen LogP contribution in [0.4, 0.5) is 5.69 Å². The third kappa shape index (κ3) is 3.15. The molecule has 0 radical (unpaired) electrons. The number of nitrogens with one attached hydrogen (secondary N) is 1. The van der Waals surface area contributed by atoms with Crippen LogP contribution in [0, 0.1) is 13.8 Å². The van der Waals surface area contributed by atoms with Gasteiger partial charge in [-0.1, -0.05) is 6.07 Å². The van der Waals surface area contributed by atoms with Gasteiger partial charge in [-0.2, -0.15) is 0 Å². The summed E-state index contributed by atoms with van der Waals surface area (Å²) in [6, 6.07) is 12.3. The zero-order valence-electron chi connectivity index (χ0n) is 13.7. The molecule has 2 aromatic carbocycles. The number of carbonyl (C=O) groups excluding carboxylic acids is 1. The lowest BCUT2D eigenvalue weighted by molar-refractivity contribution is 0.102. The molecule has 0 aliphatic heterocycles. The molecule has 1 aromatic heterocycles. The van der Waals surface area contributed by atoms with E-state index in [0.29, 0.717) is 22.4 Å². The Balaban J connectivity index is 1.99. The Morgan fingerprint density at radius 2 is 1.75 bits per heavy atom. The van der Waals surface area contributed by atoms with Crippen molar-refractivity contribution < 1.29 is 13.9 Å². The maximum Gasteiger partial charge on any atom is 0.349 e. The lowest BCUT2D eigenvalue weighted by Gasteiger charge is -2.08. The average molecular weight is 323 g/mol. The van der Waals surface area contributed by atoms with Crippen LogP contribution >= 0.6 is 0 Å². The van der Waals surface area contributed by atoms with Crippen molar-refractivity contribution in [3.8, 4) is 5.75 Å². The van der Waals surface area contributed by atoms with E-state index in [1.54, 1.807) is 25.3 Å². The topological polar surface area (TPSA) is 68.5 Å². The number of fused-ring (bicyclic) bond motifs is 1. The summed E-state index contributed by atoms with van der Waals surface area (Å²) in [5.41, 5.74) is 2.39. The second-order valence-electron chi connectivity index (χ2n) is 5.68. The molecule has 3 rings (SSSR count). The Morgan fingerprint density at radius 1 is 1.04 bits per heavy atom. The Hall–Kier alpha value is -3.08. The molecule has 1 N–H and O–H groups in total. The van der Waals surface area contributed by atoms with E-state index in [2.05, 4.69) is 5.32 Å². The lowest BCUT2D eigenvalue weighted by atomic mass is 10.1. The van der Waals surface area contributed by atoms with E-state index in [4.69, 9.17) is 9.15 Å². The Bertz CT molecular complexity index is 968. The van der Waals surface area contributed by atoms with Gasteiger partial charge in [0.15, 0.2) is 0 Å². The minimum Gasteiger partial charge on any atom is -0.497 e. The molecule has 3 aromatic rings. The van der Waals surface area contributed by atoms with Gasteiger partial charge in [-0.05, 0) is 61.4 Å². The SMILES string of the molecule is COc1ccc2oc(=O)c(C(=O)Nc3cc(C)cc(C)c3)cc2c1. The number of carbonyl (C=O) groups is 1. The number of rotatable bonds is 3. The minimum absolute atomic E-state index is 0.0464. The highest BCUT2D eigenvalue weighted by molar-refractivity contribution is 6.05. The molecule has 5 heteroatoms. The monoisotopic (exact) mass is 323 g/mol. The lowest BCUT2D eigenvalue weighted by Crippen LogP contribution is -2.20. The third-order valence-electron chi connectivity index (χ3n) is 3.66. The van der Waals surface area contributed by atoms with Crippen LogP contribution in [0.15, 0.2) is 51.7 Å². The summed E-state index contributed by atoms with van der Waals surface area (Å²) in [7, 11) is 1.55. The molecule has 0 fully saturated rings. The molecule has 0 aliphatic rings. The number of ether oxygens (including phenoxy) is 1. The van der Waals surface area contributed by atoms with Crippen LogP contribution in [-0.4, -0.2) is 13.0 Å². The number of benzene rings is 2. The molecular weight excluding hydrogens is 306 g/mol. The first-order valence-electron chi connectivity index (χ1n) is 7.48. The van der Waals surface area contributed by atoms with Gasteiger partial charge in [-0.3, -0.25) is 4.79 Å². The Kier molecular flexibility index (Phi) is 4.08. The maximum absolute atomic E-state index is 12.5. The van der Waals surface area contributed by atoms with Gasteiger partial charge in [0.25, 0.3) is 5.91 Å². The van der Waals surface area contributed by atoms with E-state index < -0.39 is 11.5 Å². The molecule has 0 saturated carbocycles. The highest BCUT2D eigenvalue weighted by Crippen LogP contribution is 2.21. The van der Waals surface area contributed by atoms with E-state index in [1.165, 1.54) is 6.07 Å². The van der Waals surface area contributed by atoms with Gasteiger partial charge in [0.2, 0.25) is 0 Å². The quantitative estimate of drug-likeness (QED) is 0.747. The standard InChI is InChI=1S/C19H17NO4/c1-11-6-12(2)8-14(7-11)20-18(21)16-10-13-9-15(23-3)4-5-17(13)24-19(16)22/h4-10H,1-3H3,(H,20,21). The molecule has 0 saturated heterocycles. The number of aryl methyl sites for hydroxylation is 2. The van der Waals surface area contributed by atoms with Gasteiger partial charge < -0.3 is 14.5 Å². The molecule has 24 heavy (non-hydrogen) atoms. The molecular formula is C19H17NO4. The molecule has 0 spiro atoms. The zero-order chi connectivity index (χ0) is 17.3. The minimum atomic E-state index is -0.672. The fraction of sp³-hybridized carbons (Fsp3) is 0.158. The van der Waals surface area contributed by atoms with E-state index >= 15 is 0 Å². The fourth-order valence-corrected chi connectivity index (χ4v) is 2.63. The number of hydrogen-bond acceptors (Lipinski definition) is 4. The summed E-state index contributed by atoms with van der Waals surface area (Å²) in [4.78, 5) is 24.5. The van der Waals surface area contributed by atoms with E-state index in [-0.39, 0.29) is 5.56 Å². The maximum atomic E-state index is 12.5. The summed E-state index contributed by atoms with van der Waals surface area (Å²) in [6.07, 6.45) is 0. The highest BCUT2D eigenvalue weighted by atomic mass is 16.5. The fourth-order valence-electron chi connectivity index (χ4n) is 2.63. The van der Waals surface area contributed by atoms with Gasteiger partial charge in [0.1, 0.15) is 16.9 Å². The molecule has 0 bridgehead atoms. The smallest absolute Gasteiger partial charge is 0.349 e. The van der Waals surface area contributed by atoms with Crippen LogP contribution in [-0.2, 0) is 0 Å². The Labute approximate surface area is 138 Å². The average Bonchev–Trinajstić information content (AvgIpc) is 2.52. The molecule has 0 atom stereocenters. The van der Waals surface area contributed by atoms with Crippen molar-refractivity contribution in [2.75, 3.05) is 12.4 Å². The molecule has 0 unspecified atom stereocenters. The van der Waals surface area contributed by atoms with Crippen LogP contribution in [0.2, 0.25) is 0 Å². The first-order valence-corrected chi connectivity index (χ1v) is 7.48. The largest absolute Gasteiger partial charge is 0.497 e. The van der Waals surface area contributed by atoms with Crippen molar-refractivity contribution in [1.29, 1.82) is 0 Å². The van der Waals surface area contributed by atoms with Crippen LogP contribution in [0.1, 0.15) is 21.5 Å². The molecule has 1 amide bonds. The molecule has 122 valence electrons. The summed E-state index contributed by atoms with van der Waals surface area (Å²) in [5.74, 6) is 0.121. The van der Waals surface area contributed by atoms with Crippen molar-refractivity contribution in [1.82, 2.24) is 0 Å². The summed E-state index contributed by atoms with van der Waals surface area (Å²) in [5, 5.41) is 3.37. The van der Waals surface area contributed by atoms with E-state index in [1.807, 2.05) is 32.0 Å². The number of anilines is 1. The van der Waals surface area contributed by atoms with Crippen LogP contribution < -0.4 is 15.7 Å². The number of hydrogen-bond donors (Lipinski definition) is 1. The van der Waals surface area contributed by atoms with E-state index in [0.717, 1.165) is 11.1 Å². The second kappa shape index (κ2) is 6.20. The molecule has 1 heterocycles. The third-order valence-corrected chi connectivity index (χ3v) is 3.66. The predicted molar refractivity (Wildman–Crippen MR) is 92.9 cm³/mol. The van der Waals surface area contributed by atoms with Gasteiger partial charge in [0, 0.05) is 11.1 Å². The summed E-state index contributed by atoms with van der Waals surface area (Å²) >= 11 is 0. The van der Waals surface area contributed by atoms with Gasteiger partial charge in [0.05, 0.1) is 7.11 Å². The highest BCUT2D eigenvalue weighted by Gasteiger charge is 2.14. The van der Waals surface area contributed by atoms with Crippen LogP contribution in [0.5, 0.6) is 5.75 Å². The first kappa shape index (κ1) is 15.8. The van der Waals surface area contributed by atoms with Crippen LogP contribution in [0.25, 0.3) is 11.0 Å². The van der Waals surface area contributed by atoms with E-state index in [9.17, 15) is 9.59 Å². The van der Waals surface area contributed by atoms with Crippen molar-refractivity contribution in [3.05, 3.63) is 69.6 Å². The van der Waals surface area contributed by atoms with Gasteiger partial charge in [-0.15, -0.1) is 0 Å². The number of amides is 1. The normalized spacial score (nSPS) is 10.6. The van der Waals surface area contributed by atoms with Crippen molar-refractivity contribution >= 4 is 22.6 Å². The predicted octanol–water partition coefficient (Wildman–Crippen LogP) is 3.67. The van der Waals surface area contributed by atoms with Crippen molar-refractivity contribution in [2.24, 2.45) is 0 Å². The number of methoxy groups -OCH3 is 1. The van der Waals surface area contributed by atoms with Crippen molar-refractivity contribution in [3.63, 3.8) is 0 Å².